The van der Waals surface area contributed by atoms with Gasteiger partial charge in [0.15, 0.2) is 0 Å². The Bertz CT molecular complexity index is 41.8. The average molecular weight is 180 g/mol. The Hall–Kier alpha value is 0.440. The minimum atomic E-state index is 1.09. The molecule has 0 aromatic carbocycles. The van der Waals surface area contributed by atoms with Crippen LogP contribution in [-0.2, 0) is 0 Å². The maximum absolute atomic E-state index is 3.38. The molecule has 0 aromatic rings. The monoisotopic (exact) mass is 179 g/mol. The zero-order valence-electron chi connectivity index (χ0n) is 5.65. The van der Waals surface area contributed by atoms with Gasteiger partial charge in [0, 0.05) is 11.9 Å². The second-order valence-corrected chi connectivity index (χ2v) is 2.79. The number of rotatable bonds is 4. The third kappa shape index (κ3) is 4.60. The Morgan fingerprint density at radius 3 is 2.38 bits per heavy atom. The van der Waals surface area contributed by atoms with Gasteiger partial charge in [0.25, 0.3) is 0 Å². The first-order valence-electron chi connectivity index (χ1n) is 3.05. The van der Waals surface area contributed by atoms with Crippen molar-refractivity contribution in [1.29, 1.82) is 0 Å². The molecule has 50 valence electrons. The summed E-state index contributed by atoms with van der Waals surface area (Å²) in [6.07, 6.45) is 1.25. The van der Waals surface area contributed by atoms with Crippen LogP contribution in [0.5, 0.6) is 0 Å². The van der Waals surface area contributed by atoms with Gasteiger partial charge in [-0.15, -0.1) is 0 Å². The number of halogens is 1. The molecule has 0 amide bonds. The molecule has 0 bridgehead atoms. The molecule has 0 heterocycles. The Morgan fingerprint density at radius 1 is 1.38 bits per heavy atom. The molecule has 0 N–H and O–H groups in total. The molecule has 0 saturated heterocycles. The third-order valence-corrected chi connectivity index (χ3v) is 1.43. The fourth-order valence-electron chi connectivity index (χ4n) is 0.638. The molecule has 0 radical (unpaired) electrons. The van der Waals surface area contributed by atoms with Crippen LogP contribution in [0.3, 0.4) is 0 Å². The Morgan fingerprint density at radius 2 is 2.00 bits per heavy atom. The van der Waals surface area contributed by atoms with Gasteiger partial charge in [-0.05, 0) is 20.0 Å². The molecule has 0 aliphatic heterocycles. The van der Waals surface area contributed by atoms with Crippen molar-refractivity contribution in [2.75, 3.05) is 25.5 Å². The van der Waals surface area contributed by atoms with Crippen LogP contribution >= 0.6 is 15.9 Å². The molecule has 0 aliphatic carbocycles. The summed E-state index contributed by atoms with van der Waals surface area (Å²) >= 11 is 3.38. The minimum absolute atomic E-state index is 1.09. The quantitative estimate of drug-likeness (QED) is 0.595. The van der Waals surface area contributed by atoms with Crippen molar-refractivity contribution < 1.29 is 0 Å². The molecule has 0 saturated carbocycles. The predicted molar refractivity (Wildman–Crippen MR) is 41.6 cm³/mol. The summed E-state index contributed by atoms with van der Waals surface area (Å²) in [4.78, 5) is 2.31. The van der Waals surface area contributed by atoms with E-state index < -0.39 is 0 Å². The molecule has 0 rings (SSSR count). The fraction of sp³-hybridized carbons (Fsp3) is 1.00. The Labute approximate surface area is 60.2 Å². The largest absolute Gasteiger partial charge is 0.306 e. The number of alkyl halides is 1. The molecule has 8 heavy (non-hydrogen) atoms. The van der Waals surface area contributed by atoms with E-state index in [-0.39, 0.29) is 0 Å². The lowest BCUT2D eigenvalue weighted by molar-refractivity contribution is 0.357. The van der Waals surface area contributed by atoms with E-state index in [4.69, 9.17) is 0 Å². The van der Waals surface area contributed by atoms with Crippen LogP contribution in [0.25, 0.3) is 0 Å². The lowest BCUT2D eigenvalue weighted by atomic mass is 10.4. The highest BCUT2D eigenvalue weighted by Gasteiger charge is 1.90. The molecule has 2 heteroatoms. The highest BCUT2D eigenvalue weighted by Crippen LogP contribution is 1.87. The summed E-state index contributed by atoms with van der Waals surface area (Å²) in [5.74, 6) is 0. The van der Waals surface area contributed by atoms with Crippen LogP contribution in [0.4, 0.5) is 0 Å². The predicted octanol–water partition coefficient (Wildman–Crippen LogP) is 1.72. The molecule has 0 aromatic heterocycles. The van der Waals surface area contributed by atoms with Crippen LogP contribution < -0.4 is 0 Å². The van der Waals surface area contributed by atoms with E-state index in [0.717, 1.165) is 11.9 Å². The smallest absolute Gasteiger partial charge is 0.0159 e. The fourth-order valence-corrected chi connectivity index (χ4v) is 1.24. The van der Waals surface area contributed by atoms with Gasteiger partial charge in [-0.25, -0.2) is 0 Å². The number of hydrogen-bond acceptors (Lipinski definition) is 1. The molecule has 0 unspecified atom stereocenters. The summed E-state index contributed by atoms with van der Waals surface area (Å²) in [7, 11) is 2.14. The Kier molecular flexibility index (Phi) is 5.88. The molecule has 0 spiro atoms. The standard InChI is InChI=1S/C6H14BrN/c1-3-5-8(2)6-4-7/h3-6H2,1-2H3. The van der Waals surface area contributed by atoms with Gasteiger partial charge in [-0.3, -0.25) is 0 Å². The van der Waals surface area contributed by atoms with Crippen LogP contribution in [0.1, 0.15) is 13.3 Å². The van der Waals surface area contributed by atoms with Gasteiger partial charge >= 0.3 is 0 Å². The normalized spacial score (nSPS) is 10.5. The first kappa shape index (κ1) is 8.44. The zero-order chi connectivity index (χ0) is 6.41. The zero-order valence-corrected chi connectivity index (χ0v) is 7.24. The first-order valence-corrected chi connectivity index (χ1v) is 4.18. The van der Waals surface area contributed by atoms with Crippen molar-refractivity contribution in [3.63, 3.8) is 0 Å². The van der Waals surface area contributed by atoms with Gasteiger partial charge in [0.05, 0.1) is 0 Å². The third-order valence-electron chi connectivity index (χ3n) is 1.07. The molecule has 0 aliphatic rings. The first-order chi connectivity index (χ1) is 3.81. The number of nitrogens with zero attached hydrogens (tertiary/aromatic N) is 1. The van der Waals surface area contributed by atoms with E-state index in [2.05, 4.69) is 34.8 Å². The van der Waals surface area contributed by atoms with Crippen molar-refractivity contribution >= 4 is 15.9 Å². The van der Waals surface area contributed by atoms with Gasteiger partial charge in [-0.2, -0.15) is 0 Å². The SMILES string of the molecule is CCCN(C)CCBr. The van der Waals surface area contributed by atoms with E-state index >= 15 is 0 Å². The molecular weight excluding hydrogens is 166 g/mol. The van der Waals surface area contributed by atoms with E-state index in [1.165, 1.54) is 13.0 Å². The summed E-state index contributed by atoms with van der Waals surface area (Å²) in [6, 6.07) is 0. The summed E-state index contributed by atoms with van der Waals surface area (Å²) in [6.45, 7) is 4.57. The lowest BCUT2D eigenvalue weighted by Crippen LogP contribution is -2.20. The lowest BCUT2D eigenvalue weighted by Gasteiger charge is -2.12. The van der Waals surface area contributed by atoms with Crippen LogP contribution in [0, 0.1) is 0 Å². The summed E-state index contributed by atoms with van der Waals surface area (Å²) < 4.78 is 0. The van der Waals surface area contributed by atoms with Crippen molar-refractivity contribution in [2.45, 2.75) is 13.3 Å². The van der Waals surface area contributed by atoms with Gasteiger partial charge in [0.1, 0.15) is 0 Å². The maximum atomic E-state index is 3.38. The van der Waals surface area contributed by atoms with E-state index in [0.29, 0.717) is 0 Å². The van der Waals surface area contributed by atoms with E-state index in [1.54, 1.807) is 0 Å². The van der Waals surface area contributed by atoms with Gasteiger partial charge in [0.2, 0.25) is 0 Å². The van der Waals surface area contributed by atoms with Crippen LogP contribution in [-0.4, -0.2) is 30.4 Å². The topological polar surface area (TPSA) is 3.24 Å². The van der Waals surface area contributed by atoms with Crippen molar-refractivity contribution in [2.24, 2.45) is 0 Å². The highest BCUT2D eigenvalue weighted by atomic mass is 79.9. The Balaban J connectivity index is 2.92. The van der Waals surface area contributed by atoms with Gasteiger partial charge < -0.3 is 4.90 Å². The highest BCUT2D eigenvalue weighted by molar-refractivity contribution is 9.09. The second kappa shape index (κ2) is 5.57. The summed E-state index contributed by atoms with van der Waals surface area (Å²) in [5.41, 5.74) is 0. The van der Waals surface area contributed by atoms with Crippen molar-refractivity contribution in [3.8, 4) is 0 Å². The minimum Gasteiger partial charge on any atom is -0.306 e. The van der Waals surface area contributed by atoms with E-state index in [1.807, 2.05) is 0 Å². The summed E-state index contributed by atoms with van der Waals surface area (Å²) in [5, 5.41) is 1.09. The van der Waals surface area contributed by atoms with Gasteiger partial charge in [-0.1, -0.05) is 22.9 Å². The average Bonchev–Trinajstić information content (AvgIpc) is 1.68. The second-order valence-electron chi connectivity index (χ2n) is 1.99. The number of hydrogen-bond donors (Lipinski definition) is 0. The van der Waals surface area contributed by atoms with Crippen molar-refractivity contribution in [3.05, 3.63) is 0 Å². The van der Waals surface area contributed by atoms with E-state index in [9.17, 15) is 0 Å². The van der Waals surface area contributed by atoms with Crippen molar-refractivity contribution in [1.82, 2.24) is 4.90 Å². The molecular formula is C6H14BrN. The molecule has 1 nitrogen and oxygen atoms in total. The van der Waals surface area contributed by atoms with Crippen LogP contribution in [0.2, 0.25) is 0 Å². The molecule has 0 fully saturated rings. The van der Waals surface area contributed by atoms with Crippen LogP contribution in [0.15, 0.2) is 0 Å². The maximum Gasteiger partial charge on any atom is 0.0159 e. The molecule has 0 atom stereocenters.